The number of nitrogens with one attached hydrogen (secondary N) is 1. The van der Waals surface area contributed by atoms with Crippen molar-refractivity contribution in [3.05, 3.63) is 59.9 Å². The number of rotatable bonds is 6. The molecule has 150 valence electrons. The smallest absolute Gasteiger partial charge is 0.303 e. The highest BCUT2D eigenvalue weighted by atomic mass is 16.5. The number of aromatic nitrogens is 1. The Hall–Kier alpha value is -2.89. The Kier molecular flexibility index (Phi) is 6.78. The maximum atomic E-state index is 12.9. The van der Waals surface area contributed by atoms with Gasteiger partial charge in [0.1, 0.15) is 0 Å². The zero-order valence-electron chi connectivity index (χ0n) is 17.4. The molecule has 0 radical (unpaired) electrons. The van der Waals surface area contributed by atoms with Crippen LogP contribution in [0.5, 0.6) is 0 Å². The Morgan fingerprint density at radius 1 is 1.11 bits per heavy atom. The summed E-state index contributed by atoms with van der Waals surface area (Å²) < 4.78 is 5.73. The second kappa shape index (κ2) is 8.87. The molecule has 1 heterocycles. The summed E-state index contributed by atoms with van der Waals surface area (Å²) in [5.41, 5.74) is 1.79. The number of amides is 1. The molecule has 2 rings (SSSR count). The van der Waals surface area contributed by atoms with Gasteiger partial charge in [-0.3, -0.25) is 14.6 Å². The normalized spacial score (nSPS) is 13.4. The van der Waals surface area contributed by atoms with Gasteiger partial charge in [0, 0.05) is 50.2 Å². The van der Waals surface area contributed by atoms with Crippen molar-refractivity contribution in [3.63, 3.8) is 0 Å². The van der Waals surface area contributed by atoms with Crippen LogP contribution in [0.15, 0.2) is 48.8 Å². The molecule has 0 saturated carbocycles. The van der Waals surface area contributed by atoms with Gasteiger partial charge in [0.05, 0.1) is 6.04 Å². The number of benzene rings is 1. The average molecular weight is 383 g/mol. The number of carbonyl (C=O) groups is 2. The Morgan fingerprint density at radius 3 is 2.29 bits per heavy atom. The van der Waals surface area contributed by atoms with Crippen LogP contribution in [-0.4, -0.2) is 37.0 Å². The molecule has 2 atom stereocenters. The first-order chi connectivity index (χ1) is 13.1. The van der Waals surface area contributed by atoms with E-state index in [4.69, 9.17) is 4.74 Å². The minimum Gasteiger partial charge on any atom is -0.455 e. The molecule has 0 unspecified atom stereocenters. The van der Waals surface area contributed by atoms with Gasteiger partial charge in [-0.05, 0) is 23.6 Å². The SMILES string of the molecule is CC(=O)O[C@@H](c1cnccc1N(C)C)[C@@H](NC(=O)c1ccccc1)C(C)(C)C. The number of hydrogen-bond donors (Lipinski definition) is 1. The fourth-order valence-electron chi connectivity index (χ4n) is 3.08. The van der Waals surface area contributed by atoms with E-state index in [1.54, 1.807) is 24.5 Å². The van der Waals surface area contributed by atoms with Crippen LogP contribution in [0.2, 0.25) is 0 Å². The van der Waals surface area contributed by atoms with Crippen molar-refractivity contribution in [2.75, 3.05) is 19.0 Å². The van der Waals surface area contributed by atoms with Gasteiger partial charge in [0.15, 0.2) is 6.10 Å². The van der Waals surface area contributed by atoms with Crippen LogP contribution < -0.4 is 10.2 Å². The Labute approximate surface area is 166 Å². The molecular weight excluding hydrogens is 354 g/mol. The van der Waals surface area contributed by atoms with E-state index in [1.807, 2.05) is 64.0 Å². The van der Waals surface area contributed by atoms with Crippen molar-refractivity contribution < 1.29 is 14.3 Å². The highest BCUT2D eigenvalue weighted by Crippen LogP contribution is 2.37. The number of ether oxygens (including phenoxy) is 1. The summed E-state index contributed by atoms with van der Waals surface area (Å²) in [6.07, 6.45) is 2.70. The first kappa shape index (κ1) is 21.4. The quantitative estimate of drug-likeness (QED) is 0.772. The zero-order chi connectivity index (χ0) is 20.9. The summed E-state index contributed by atoms with van der Waals surface area (Å²) in [6, 6.07) is 10.4. The lowest BCUT2D eigenvalue weighted by molar-refractivity contribution is -0.149. The fourth-order valence-corrected chi connectivity index (χ4v) is 3.08. The largest absolute Gasteiger partial charge is 0.455 e. The summed E-state index contributed by atoms with van der Waals surface area (Å²) in [7, 11) is 3.83. The molecule has 1 aromatic carbocycles. The molecule has 0 bridgehead atoms. The van der Waals surface area contributed by atoms with Crippen LogP contribution in [0.25, 0.3) is 0 Å². The fraction of sp³-hybridized carbons (Fsp3) is 0.409. The molecule has 0 spiro atoms. The minimum absolute atomic E-state index is 0.215. The lowest BCUT2D eigenvalue weighted by Gasteiger charge is -2.38. The number of carbonyl (C=O) groups excluding carboxylic acids is 2. The van der Waals surface area contributed by atoms with E-state index in [9.17, 15) is 9.59 Å². The topological polar surface area (TPSA) is 71.5 Å². The number of hydrogen-bond acceptors (Lipinski definition) is 5. The van der Waals surface area contributed by atoms with Crippen LogP contribution >= 0.6 is 0 Å². The Morgan fingerprint density at radius 2 is 1.75 bits per heavy atom. The zero-order valence-corrected chi connectivity index (χ0v) is 17.4. The third-order valence-corrected chi connectivity index (χ3v) is 4.47. The molecule has 0 saturated heterocycles. The van der Waals surface area contributed by atoms with E-state index >= 15 is 0 Å². The van der Waals surface area contributed by atoms with Crippen molar-refractivity contribution in [1.82, 2.24) is 10.3 Å². The van der Waals surface area contributed by atoms with Crippen molar-refractivity contribution >= 4 is 17.6 Å². The van der Waals surface area contributed by atoms with Gasteiger partial charge in [-0.1, -0.05) is 39.0 Å². The highest BCUT2D eigenvalue weighted by molar-refractivity contribution is 5.94. The molecule has 6 nitrogen and oxygen atoms in total. The third-order valence-electron chi connectivity index (χ3n) is 4.47. The van der Waals surface area contributed by atoms with Gasteiger partial charge in [0.25, 0.3) is 5.91 Å². The molecule has 1 aromatic heterocycles. The maximum Gasteiger partial charge on any atom is 0.303 e. The monoisotopic (exact) mass is 383 g/mol. The summed E-state index contributed by atoms with van der Waals surface area (Å²) in [4.78, 5) is 31.0. The summed E-state index contributed by atoms with van der Waals surface area (Å²) >= 11 is 0. The van der Waals surface area contributed by atoms with E-state index in [2.05, 4.69) is 10.3 Å². The van der Waals surface area contributed by atoms with E-state index in [0.29, 0.717) is 5.56 Å². The first-order valence-electron chi connectivity index (χ1n) is 9.25. The second-order valence-electron chi connectivity index (χ2n) is 8.04. The molecule has 1 amide bonds. The Balaban J connectivity index is 2.50. The third kappa shape index (κ3) is 5.31. The molecule has 0 fully saturated rings. The molecule has 0 aliphatic carbocycles. The molecular formula is C22H29N3O3. The highest BCUT2D eigenvalue weighted by Gasteiger charge is 2.38. The van der Waals surface area contributed by atoms with E-state index in [0.717, 1.165) is 11.3 Å². The van der Waals surface area contributed by atoms with Crippen LogP contribution in [0.1, 0.15) is 49.7 Å². The number of anilines is 1. The van der Waals surface area contributed by atoms with Gasteiger partial charge in [-0.2, -0.15) is 0 Å². The van der Waals surface area contributed by atoms with Gasteiger partial charge < -0.3 is 15.0 Å². The Bertz CT molecular complexity index is 813. The average Bonchev–Trinajstić information content (AvgIpc) is 2.64. The van der Waals surface area contributed by atoms with Crippen molar-refractivity contribution in [1.29, 1.82) is 0 Å². The summed E-state index contributed by atoms with van der Waals surface area (Å²) in [5, 5.41) is 3.08. The molecule has 2 aromatic rings. The second-order valence-corrected chi connectivity index (χ2v) is 8.04. The van der Waals surface area contributed by atoms with Crippen LogP contribution in [0.3, 0.4) is 0 Å². The van der Waals surface area contributed by atoms with Gasteiger partial charge >= 0.3 is 5.97 Å². The van der Waals surface area contributed by atoms with E-state index in [1.165, 1.54) is 6.92 Å². The van der Waals surface area contributed by atoms with Crippen molar-refractivity contribution in [2.24, 2.45) is 5.41 Å². The summed E-state index contributed by atoms with van der Waals surface area (Å²) in [6.45, 7) is 7.39. The number of pyridine rings is 1. The number of esters is 1. The molecule has 28 heavy (non-hydrogen) atoms. The van der Waals surface area contributed by atoms with Crippen molar-refractivity contribution in [3.8, 4) is 0 Å². The standard InChI is InChI=1S/C22H29N3O3/c1-15(26)28-19(17-14-23-13-12-18(17)25(5)6)20(22(2,3)4)24-21(27)16-10-8-7-9-11-16/h7-14,19-20H,1-6H3,(H,24,27)/t19-,20+/m0/s1. The van der Waals surface area contributed by atoms with Crippen LogP contribution in [0, 0.1) is 5.41 Å². The maximum absolute atomic E-state index is 12.9. The van der Waals surface area contributed by atoms with E-state index < -0.39 is 18.1 Å². The molecule has 0 aliphatic heterocycles. The molecule has 1 N–H and O–H groups in total. The van der Waals surface area contributed by atoms with Gasteiger partial charge in [-0.15, -0.1) is 0 Å². The first-order valence-corrected chi connectivity index (χ1v) is 9.25. The molecule has 0 aliphatic rings. The molecule has 6 heteroatoms. The minimum atomic E-state index is -0.684. The number of nitrogens with zero attached hydrogens (tertiary/aromatic N) is 2. The lowest BCUT2D eigenvalue weighted by atomic mass is 9.80. The van der Waals surface area contributed by atoms with Crippen molar-refractivity contribution in [2.45, 2.75) is 39.8 Å². The predicted molar refractivity (Wildman–Crippen MR) is 110 cm³/mol. The lowest BCUT2D eigenvalue weighted by Crippen LogP contribution is -2.49. The van der Waals surface area contributed by atoms with Crippen LogP contribution in [-0.2, 0) is 9.53 Å². The van der Waals surface area contributed by atoms with E-state index in [-0.39, 0.29) is 11.3 Å². The van der Waals surface area contributed by atoms with Crippen LogP contribution in [0.4, 0.5) is 5.69 Å². The van der Waals surface area contributed by atoms with Gasteiger partial charge in [0.2, 0.25) is 0 Å². The van der Waals surface area contributed by atoms with Gasteiger partial charge in [-0.25, -0.2) is 0 Å². The predicted octanol–water partition coefficient (Wildman–Crippen LogP) is 3.60. The summed E-state index contributed by atoms with van der Waals surface area (Å²) in [5.74, 6) is -0.630.